The van der Waals surface area contributed by atoms with E-state index in [0.29, 0.717) is 0 Å². The monoisotopic (exact) mass is 282 g/mol. The van der Waals surface area contributed by atoms with Gasteiger partial charge in [-0.2, -0.15) is 0 Å². The van der Waals surface area contributed by atoms with E-state index in [2.05, 4.69) is 41.1 Å². The van der Waals surface area contributed by atoms with Crippen molar-refractivity contribution in [3.63, 3.8) is 0 Å². The van der Waals surface area contributed by atoms with E-state index in [1.165, 1.54) is 41.3 Å². The van der Waals surface area contributed by atoms with Crippen LogP contribution in [0.25, 0.3) is 0 Å². The number of aliphatic hydroxyl groups excluding tert-OH is 1. The second-order valence-electron chi connectivity index (χ2n) is 4.85. The highest BCUT2D eigenvalue weighted by Gasteiger charge is 2.19. The molecule has 0 amide bonds. The molecule has 0 aromatic heterocycles. The van der Waals surface area contributed by atoms with Crippen molar-refractivity contribution in [1.82, 2.24) is 0 Å². The lowest BCUT2D eigenvalue weighted by atomic mass is 9.94. The lowest BCUT2D eigenvalue weighted by molar-refractivity contribution is 0.273. The van der Waals surface area contributed by atoms with Crippen LogP contribution in [0.5, 0.6) is 0 Å². The zero-order chi connectivity index (χ0) is 11.5. The molecule has 0 radical (unpaired) electrons. The van der Waals surface area contributed by atoms with Crippen LogP contribution in [0.1, 0.15) is 55.6 Å². The molecule has 88 valence electrons. The molecule has 1 aliphatic rings. The van der Waals surface area contributed by atoms with E-state index in [-0.39, 0.29) is 12.5 Å². The van der Waals surface area contributed by atoms with E-state index in [1.54, 1.807) is 0 Å². The van der Waals surface area contributed by atoms with Gasteiger partial charge in [-0.05, 0) is 36.0 Å². The molecule has 16 heavy (non-hydrogen) atoms. The van der Waals surface area contributed by atoms with Crippen LogP contribution >= 0.6 is 15.9 Å². The zero-order valence-electron chi connectivity index (χ0n) is 9.75. The number of rotatable bonds is 3. The topological polar surface area (TPSA) is 20.2 Å². The molecule has 1 unspecified atom stereocenters. The van der Waals surface area contributed by atoms with E-state index >= 15 is 0 Å². The second-order valence-corrected chi connectivity index (χ2v) is 5.70. The molecule has 1 aromatic carbocycles. The minimum absolute atomic E-state index is 0.217. The van der Waals surface area contributed by atoms with Gasteiger partial charge in [0.15, 0.2) is 0 Å². The van der Waals surface area contributed by atoms with Gasteiger partial charge in [0.1, 0.15) is 0 Å². The minimum Gasteiger partial charge on any atom is -0.396 e. The van der Waals surface area contributed by atoms with E-state index < -0.39 is 0 Å². The van der Waals surface area contributed by atoms with Gasteiger partial charge in [0.2, 0.25) is 0 Å². The van der Waals surface area contributed by atoms with Gasteiger partial charge in [0.05, 0.1) is 0 Å². The van der Waals surface area contributed by atoms with Gasteiger partial charge in [-0.15, -0.1) is 0 Å². The van der Waals surface area contributed by atoms with Gasteiger partial charge in [-0.1, -0.05) is 47.8 Å². The first-order valence-electron chi connectivity index (χ1n) is 6.12. The quantitative estimate of drug-likeness (QED) is 0.881. The van der Waals surface area contributed by atoms with Crippen LogP contribution in [0, 0.1) is 0 Å². The first kappa shape index (κ1) is 12.1. The largest absolute Gasteiger partial charge is 0.396 e. The summed E-state index contributed by atoms with van der Waals surface area (Å²) in [5.41, 5.74) is 2.67. The van der Waals surface area contributed by atoms with Crippen LogP contribution in [-0.4, -0.2) is 11.7 Å². The van der Waals surface area contributed by atoms with Gasteiger partial charge < -0.3 is 5.11 Å². The van der Waals surface area contributed by atoms with Crippen molar-refractivity contribution < 1.29 is 5.11 Å². The minimum atomic E-state index is 0.217. The van der Waals surface area contributed by atoms with Crippen LogP contribution in [0.15, 0.2) is 22.7 Å². The summed E-state index contributed by atoms with van der Waals surface area (Å²) in [7, 11) is 0. The lowest BCUT2D eigenvalue weighted by Crippen LogP contribution is -2.01. The molecular formula is C14H19BrO. The predicted octanol–water partition coefficient (Wildman–Crippen LogP) is 4.20. The molecule has 1 aromatic rings. The van der Waals surface area contributed by atoms with Crippen molar-refractivity contribution in [2.45, 2.75) is 44.4 Å². The van der Waals surface area contributed by atoms with Gasteiger partial charge in [-0.3, -0.25) is 0 Å². The van der Waals surface area contributed by atoms with E-state index in [1.807, 2.05) is 0 Å². The maximum absolute atomic E-state index is 9.14. The number of hydrogen-bond donors (Lipinski definition) is 1. The van der Waals surface area contributed by atoms with Crippen LogP contribution in [0.4, 0.5) is 0 Å². The number of hydrogen-bond acceptors (Lipinski definition) is 1. The third-order valence-electron chi connectivity index (χ3n) is 3.66. The molecule has 2 heteroatoms. The summed E-state index contributed by atoms with van der Waals surface area (Å²) in [6.45, 7) is 2.27. The Morgan fingerprint density at radius 2 is 2.06 bits per heavy atom. The van der Waals surface area contributed by atoms with Gasteiger partial charge >= 0.3 is 0 Å². The maximum atomic E-state index is 9.14. The summed E-state index contributed by atoms with van der Waals surface area (Å²) in [5, 5.41) is 9.14. The Kier molecular flexibility index (Phi) is 4.04. The van der Waals surface area contributed by atoms with Crippen molar-refractivity contribution in [2.75, 3.05) is 6.61 Å². The summed E-state index contributed by atoms with van der Waals surface area (Å²) >= 11 is 3.67. The molecule has 0 spiro atoms. The third-order valence-corrected chi connectivity index (χ3v) is 4.35. The van der Waals surface area contributed by atoms with Crippen LogP contribution in [0.2, 0.25) is 0 Å². The van der Waals surface area contributed by atoms with E-state index in [0.717, 1.165) is 5.92 Å². The molecular weight excluding hydrogens is 264 g/mol. The zero-order valence-corrected chi connectivity index (χ0v) is 11.3. The summed E-state index contributed by atoms with van der Waals surface area (Å²) < 4.78 is 1.22. The SMILES string of the molecule is CC(CO)c1ccc(C2CCCC2)c(Br)c1. The number of halogens is 1. The van der Waals surface area contributed by atoms with Gasteiger partial charge in [0.25, 0.3) is 0 Å². The van der Waals surface area contributed by atoms with E-state index in [4.69, 9.17) is 5.11 Å². The van der Waals surface area contributed by atoms with E-state index in [9.17, 15) is 0 Å². The fourth-order valence-corrected chi connectivity index (χ4v) is 3.24. The Morgan fingerprint density at radius 3 is 2.62 bits per heavy atom. The molecule has 1 nitrogen and oxygen atoms in total. The number of benzene rings is 1. The van der Waals surface area contributed by atoms with Gasteiger partial charge in [0, 0.05) is 17.0 Å². The fourth-order valence-electron chi connectivity index (χ4n) is 2.52. The Balaban J connectivity index is 2.22. The molecule has 0 heterocycles. The molecule has 1 aliphatic carbocycles. The molecule has 0 bridgehead atoms. The van der Waals surface area contributed by atoms with Gasteiger partial charge in [-0.25, -0.2) is 0 Å². The highest BCUT2D eigenvalue weighted by atomic mass is 79.9. The van der Waals surface area contributed by atoms with Crippen molar-refractivity contribution >= 4 is 15.9 Å². The smallest absolute Gasteiger partial charge is 0.0497 e. The predicted molar refractivity (Wildman–Crippen MR) is 70.9 cm³/mol. The first-order chi connectivity index (χ1) is 7.72. The highest BCUT2D eigenvalue weighted by Crippen LogP contribution is 2.38. The Bertz CT molecular complexity index is 356. The second kappa shape index (κ2) is 5.33. The van der Waals surface area contributed by atoms with Crippen molar-refractivity contribution in [2.24, 2.45) is 0 Å². The summed E-state index contributed by atoms with van der Waals surface area (Å²) in [6, 6.07) is 6.58. The standard InChI is InChI=1S/C14H19BrO/c1-10(9-16)12-6-7-13(14(15)8-12)11-4-2-3-5-11/h6-8,10-11,16H,2-5,9H2,1H3. The average molecular weight is 283 g/mol. The molecule has 2 rings (SSSR count). The Hall–Kier alpha value is -0.340. The highest BCUT2D eigenvalue weighted by molar-refractivity contribution is 9.10. The van der Waals surface area contributed by atoms with Crippen molar-refractivity contribution in [1.29, 1.82) is 0 Å². The Morgan fingerprint density at radius 1 is 1.38 bits per heavy atom. The first-order valence-corrected chi connectivity index (χ1v) is 6.92. The molecule has 1 atom stereocenters. The number of aliphatic hydroxyl groups is 1. The Labute approximate surface area is 106 Å². The average Bonchev–Trinajstić information content (AvgIpc) is 2.81. The van der Waals surface area contributed by atoms with Crippen LogP contribution in [-0.2, 0) is 0 Å². The summed E-state index contributed by atoms with van der Waals surface area (Å²) in [4.78, 5) is 0. The lowest BCUT2D eigenvalue weighted by Gasteiger charge is -2.15. The fraction of sp³-hybridized carbons (Fsp3) is 0.571. The van der Waals surface area contributed by atoms with Crippen LogP contribution < -0.4 is 0 Å². The molecule has 1 N–H and O–H groups in total. The molecule has 0 saturated heterocycles. The molecule has 1 saturated carbocycles. The van der Waals surface area contributed by atoms with Crippen molar-refractivity contribution in [3.8, 4) is 0 Å². The molecule has 1 fully saturated rings. The molecule has 0 aliphatic heterocycles. The van der Waals surface area contributed by atoms with Crippen LogP contribution in [0.3, 0.4) is 0 Å². The third kappa shape index (κ3) is 2.49. The van der Waals surface area contributed by atoms with Crippen molar-refractivity contribution in [3.05, 3.63) is 33.8 Å². The summed E-state index contributed by atoms with van der Waals surface area (Å²) in [5.74, 6) is 0.974. The maximum Gasteiger partial charge on any atom is 0.0497 e. The summed E-state index contributed by atoms with van der Waals surface area (Å²) in [6.07, 6.45) is 5.39. The normalized spacial score (nSPS) is 18.9.